The van der Waals surface area contributed by atoms with Crippen LogP contribution in [0.5, 0.6) is 5.75 Å². The lowest BCUT2D eigenvalue weighted by atomic mass is 9.95. The molecule has 0 amide bonds. The van der Waals surface area contributed by atoms with Crippen LogP contribution in [0.4, 0.5) is 13.2 Å². The molecule has 0 N–H and O–H groups in total. The molecule has 3 aromatic carbocycles. The lowest BCUT2D eigenvalue weighted by molar-refractivity contribution is -0.140. The molecule has 6 nitrogen and oxygen atoms in total. The number of benzene rings is 3. The molecule has 0 fully saturated rings. The number of aromatic nitrogens is 1. The summed E-state index contributed by atoms with van der Waals surface area (Å²) < 4.78 is 56.9. The Labute approximate surface area is 284 Å². The summed E-state index contributed by atoms with van der Waals surface area (Å²) in [6.45, 7) is 1.50. The van der Waals surface area contributed by atoms with Crippen molar-refractivity contribution in [2.45, 2.75) is 25.7 Å². The van der Waals surface area contributed by atoms with Crippen LogP contribution >= 0.6 is 73.1 Å². The number of esters is 1. The Morgan fingerprint density at radius 3 is 2.36 bits per heavy atom. The molecular weight excluding hydrogens is 819 g/mol. The molecule has 228 valence electrons. The molecule has 0 spiro atoms. The van der Waals surface area contributed by atoms with E-state index >= 15 is 0 Å². The van der Waals surface area contributed by atoms with Gasteiger partial charge in [-0.25, -0.2) is 9.79 Å². The van der Waals surface area contributed by atoms with Crippen molar-refractivity contribution in [3.05, 3.63) is 126 Å². The van der Waals surface area contributed by atoms with Crippen LogP contribution in [0, 0.1) is 3.57 Å². The molecule has 44 heavy (non-hydrogen) atoms. The topological polar surface area (TPSA) is 69.9 Å². The summed E-state index contributed by atoms with van der Waals surface area (Å²) in [5.41, 5.74) is -1.27. The van der Waals surface area contributed by atoms with Gasteiger partial charge in [-0.3, -0.25) is 9.36 Å². The van der Waals surface area contributed by atoms with E-state index in [2.05, 4.69) is 43.5 Å². The molecule has 1 aliphatic heterocycles. The molecular formula is C30H19BrCl2F3IN2O4S. The lowest BCUT2D eigenvalue weighted by Crippen LogP contribution is -2.41. The molecule has 5 rings (SSSR count). The van der Waals surface area contributed by atoms with Crippen molar-refractivity contribution in [2.75, 3.05) is 6.61 Å². The van der Waals surface area contributed by atoms with Crippen LogP contribution in [0.25, 0.3) is 6.08 Å². The maximum atomic E-state index is 14.4. The summed E-state index contributed by atoms with van der Waals surface area (Å²) in [5.74, 6) is -0.760. The third-order valence-corrected chi connectivity index (χ3v) is 9.15. The summed E-state index contributed by atoms with van der Waals surface area (Å²) >= 11 is 18.4. The molecule has 0 saturated heterocycles. The number of alkyl halides is 3. The average Bonchev–Trinajstić information content (AvgIpc) is 3.27. The van der Waals surface area contributed by atoms with E-state index in [0.29, 0.717) is 25.8 Å². The Kier molecular flexibility index (Phi) is 9.95. The largest absolute Gasteiger partial charge is 0.487 e. The lowest BCUT2D eigenvalue weighted by Gasteiger charge is -2.26. The first-order valence-electron chi connectivity index (χ1n) is 12.8. The first-order chi connectivity index (χ1) is 20.9. The quantitative estimate of drug-likeness (QED) is 0.142. The SMILES string of the molecule is CCOC(=O)C1=C(C(F)(F)F)N=c2s/c(=C\c3cc(Br)cc(I)c3OCc3ccc(Cl)cc3)c(=O)n2[C@H]1c1ccc(Cl)cc1. The van der Waals surface area contributed by atoms with E-state index < -0.39 is 35.0 Å². The maximum absolute atomic E-state index is 14.4. The highest BCUT2D eigenvalue weighted by atomic mass is 127. The van der Waals surface area contributed by atoms with E-state index in [1.54, 1.807) is 18.2 Å². The van der Waals surface area contributed by atoms with Crippen LogP contribution in [0.1, 0.15) is 29.7 Å². The van der Waals surface area contributed by atoms with Crippen molar-refractivity contribution in [3.63, 3.8) is 0 Å². The van der Waals surface area contributed by atoms with Gasteiger partial charge in [0.15, 0.2) is 10.5 Å². The Morgan fingerprint density at radius 1 is 1.11 bits per heavy atom. The van der Waals surface area contributed by atoms with Crippen LogP contribution in [-0.2, 0) is 16.1 Å². The molecule has 1 aromatic heterocycles. The Hall–Kier alpha value is -2.65. The van der Waals surface area contributed by atoms with Gasteiger partial charge in [-0.2, -0.15) is 13.2 Å². The minimum absolute atomic E-state index is 0.0830. The third kappa shape index (κ3) is 6.94. The molecule has 1 aliphatic rings. The van der Waals surface area contributed by atoms with E-state index in [1.807, 2.05) is 18.2 Å². The Bertz CT molecular complexity index is 1960. The van der Waals surface area contributed by atoms with Gasteiger partial charge < -0.3 is 9.47 Å². The number of ether oxygens (including phenoxy) is 2. The van der Waals surface area contributed by atoms with Crippen LogP contribution in [-0.4, -0.2) is 23.3 Å². The highest BCUT2D eigenvalue weighted by Gasteiger charge is 2.45. The Balaban J connectivity index is 1.71. The van der Waals surface area contributed by atoms with Gasteiger partial charge in [-0.1, -0.05) is 74.7 Å². The van der Waals surface area contributed by atoms with Gasteiger partial charge in [-0.05, 0) is 83.1 Å². The average molecular weight is 838 g/mol. The molecule has 4 aromatic rings. The summed E-state index contributed by atoms with van der Waals surface area (Å²) in [7, 11) is 0. The predicted octanol–water partition coefficient (Wildman–Crippen LogP) is 7.59. The fourth-order valence-corrected chi connectivity index (χ4v) is 7.47. The van der Waals surface area contributed by atoms with Crippen molar-refractivity contribution in [1.82, 2.24) is 4.57 Å². The van der Waals surface area contributed by atoms with Gasteiger partial charge in [0.05, 0.1) is 26.3 Å². The van der Waals surface area contributed by atoms with Crippen LogP contribution in [0.3, 0.4) is 0 Å². The number of carbonyl (C=O) groups is 1. The van der Waals surface area contributed by atoms with E-state index in [-0.39, 0.29) is 28.1 Å². The minimum atomic E-state index is -5.01. The van der Waals surface area contributed by atoms with Gasteiger partial charge in [-0.15, -0.1) is 0 Å². The van der Waals surface area contributed by atoms with Crippen molar-refractivity contribution < 1.29 is 27.4 Å². The second kappa shape index (κ2) is 13.4. The first kappa shape index (κ1) is 32.7. The Morgan fingerprint density at radius 2 is 1.75 bits per heavy atom. The zero-order valence-electron chi connectivity index (χ0n) is 22.4. The van der Waals surface area contributed by atoms with Crippen molar-refractivity contribution >= 4 is 85.1 Å². The molecule has 0 unspecified atom stereocenters. The van der Waals surface area contributed by atoms with Gasteiger partial charge in [0.2, 0.25) is 0 Å². The number of nitrogens with zero attached hydrogens (tertiary/aromatic N) is 2. The van der Waals surface area contributed by atoms with Crippen LogP contribution < -0.4 is 19.6 Å². The standard InChI is InChI=1S/C30H19BrCl2F3IN2O4S/c1-2-42-28(41)23-24(16-5-9-20(33)10-6-16)39-27(40)22(44-29(39)38-26(23)30(34,35)36)12-17-11-18(31)13-21(37)25(17)43-14-15-3-7-19(32)8-4-15/h3-13,24H,2,14H2,1H3/b22-12-/t24-/m0/s1. The molecule has 1 atom stereocenters. The van der Waals surface area contributed by atoms with E-state index in [1.165, 1.54) is 37.3 Å². The van der Waals surface area contributed by atoms with Crippen molar-refractivity contribution in [1.29, 1.82) is 0 Å². The number of fused-ring (bicyclic) bond motifs is 1. The first-order valence-corrected chi connectivity index (χ1v) is 16.2. The van der Waals surface area contributed by atoms with Crippen molar-refractivity contribution in [2.24, 2.45) is 4.99 Å². The molecule has 0 aliphatic carbocycles. The van der Waals surface area contributed by atoms with Crippen LogP contribution in [0.15, 0.2) is 86.2 Å². The number of hydrogen-bond acceptors (Lipinski definition) is 6. The molecule has 14 heteroatoms. The highest BCUT2D eigenvalue weighted by Crippen LogP contribution is 2.38. The highest BCUT2D eigenvalue weighted by molar-refractivity contribution is 14.1. The smallest absolute Gasteiger partial charge is 0.434 e. The maximum Gasteiger partial charge on any atom is 0.434 e. The van der Waals surface area contributed by atoms with Gasteiger partial charge in [0, 0.05) is 20.1 Å². The number of rotatable bonds is 7. The summed E-state index contributed by atoms with van der Waals surface area (Å²) in [4.78, 5) is 30.6. The normalized spacial score (nSPS) is 15.2. The monoisotopic (exact) mass is 836 g/mol. The zero-order chi connectivity index (χ0) is 31.8. The number of hydrogen-bond donors (Lipinski definition) is 0. The number of halogens is 7. The summed E-state index contributed by atoms with van der Waals surface area (Å²) in [6, 6.07) is 15.1. The van der Waals surface area contributed by atoms with E-state index in [0.717, 1.165) is 25.0 Å². The molecule has 0 radical (unpaired) electrons. The summed E-state index contributed by atoms with van der Waals surface area (Å²) in [6.07, 6.45) is -3.47. The van der Waals surface area contributed by atoms with E-state index in [9.17, 15) is 22.8 Å². The van der Waals surface area contributed by atoms with Gasteiger partial charge >= 0.3 is 12.1 Å². The minimum Gasteiger partial charge on any atom is -0.487 e. The number of thiazole rings is 1. The fourth-order valence-electron chi connectivity index (χ4n) is 4.52. The predicted molar refractivity (Wildman–Crippen MR) is 175 cm³/mol. The number of allylic oxidation sites excluding steroid dienone is 1. The second-order valence-corrected chi connectivity index (χ2v) is 13.3. The van der Waals surface area contributed by atoms with Gasteiger partial charge in [0.1, 0.15) is 12.4 Å². The van der Waals surface area contributed by atoms with Gasteiger partial charge in [0.25, 0.3) is 5.56 Å². The third-order valence-electron chi connectivity index (χ3n) is 6.40. The van der Waals surface area contributed by atoms with Crippen LogP contribution in [0.2, 0.25) is 10.0 Å². The fraction of sp³-hybridized carbons (Fsp3) is 0.167. The zero-order valence-corrected chi connectivity index (χ0v) is 28.5. The summed E-state index contributed by atoms with van der Waals surface area (Å²) in [5, 5.41) is 0.911. The number of carbonyl (C=O) groups excluding carboxylic acids is 1. The van der Waals surface area contributed by atoms with Crippen molar-refractivity contribution in [3.8, 4) is 5.75 Å². The molecule has 0 saturated carbocycles. The molecule has 2 heterocycles. The molecule has 0 bridgehead atoms. The second-order valence-electron chi connectivity index (χ2n) is 9.34. The van der Waals surface area contributed by atoms with E-state index in [4.69, 9.17) is 32.7 Å².